The van der Waals surface area contributed by atoms with Gasteiger partial charge >= 0.3 is 0 Å². The van der Waals surface area contributed by atoms with Crippen LogP contribution in [0.15, 0.2) is 42.5 Å². The summed E-state index contributed by atoms with van der Waals surface area (Å²) < 4.78 is 6.58. The molecule has 2 aromatic carbocycles. The predicted molar refractivity (Wildman–Crippen MR) is 95.9 cm³/mol. The molecule has 2 aromatic rings. The SMILES string of the molecule is Cc1ccc2c(c1)C(C#N)(O[Si](C)(C)C)c1ccccc1CC2. The first kappa shape index (κ1) is 16.0. The van der Waals surface area contributed by atoms with Crippen molar-refractivity contribution in [3.63, 3.8) is 0 Å². The summed E-state index contributed by atoms with van der Waals surface area (Å²) in [5.41, 5.74) is 4.69. The van der Waals surface area contributed by atoms with Gasteiger partial charge in [0.05, 0.1) is 0 Å². The fraction of sp³-hybridized carbons (Fsp3) is 0.350. The Morgan fingerprint density at radius 1 is 1.00 bits per heavy atom. The molecule has 0 saturated heterocycles. The molecule has 0 fully saturated rings. The molecule has 0 aliphatic heterocycles. The Morgan fingerprint density at radius 2 is 1.65 bits per heavy atom. The van der Waals surface area contributed by atoms with Gasteiger partial charge in [0.2, 0.25) is 0 Å². The van der Waals surface area contributed by atoms with Crippen molar-refractivity contribution in [2.75, 3.05) is 0 Å². The zero-order chi connectivity index (χ0) is 16.7. The molecular weight excluding hydrogens is 298 g/mol. The van der Waals surface area contributed by atoms with Gasteiger partial charge < -0.3 is 4.43 Å². The first-order valence-corrected chi connectivity index (χ1v) is 11.6. The molecule has 0 saturated carbocycles. The molecule has 3 rings (SSSR count). The Morgan fingerprint density at radius 3 is 2.30 bits per heavy atom. The van der Waals surface area contributed by atoms with E-state index in [0.29, 0.717) is 0 Å². The summed E-state index contributed by atoms with van der Waals surface area (Å²) in [6.45, 7) is 8.52. The first-order chi connectivity index (χ1) is 10.9. The maximum absolute atomic E-state index is 10.3. The fourth-order valence-corrected chi connectivity index (χ4v) is 4.63. The summed E-state index contributed by atoms with van der Waals surface area (Å²) in [5, 5.41) is 10.3. The standard InChI is InChI=1S/C20H23NOSi/c1-15-9-10-17-12-11-16-7-5-6-8-18(16)20(14-21,19(17)13-15)22-23(2,3)4/h5-10,13H,11-12H2,1-4H3. The lowest BCUT2D eigenvalue weighted by molar-refractivity contribution is 0.163. The van der Waals surface area contributed by atoms with Gasteiger partial charge in [-0.2, -0.15) is 5.26 Å². The number of rotatable bonds is 2. The Kier molecular flexibility index (Phi) is 3.91. The minimum atomic E-state index is -1.94. The average molecular weight is 321 g/mol. The smallest absolute Gasteiger partial charge is 0.196 e. The van der Waals surface area contributed by atoms with E-state index < -0.39 is 13.9 Å². The predicted octanol–water partition coefficient (Wildman–Crippen LogP) is 4.71. The van der Waals surface area contributed by atoms with Crippen LogP contribution in [0.4, 0.5) is 0 Å². The highest BCUT2D eigenvalue weighted by Gasteiger charge is 2.43. The van der Waals surface area contributed by atoms with Crippen molar-refractivity contribution in [1.29, 1.82) is 5.26 Å². The highest BCUT2D eigenvalue weighted by atomic mass is 28.4. The summed E-state index contributed by atoms with van der Waals surface area (Å²) in [6.07, 6.45) is 1.90. The highest BCUT2D eigenvalue weighted by Crippen LogP contribution is 2.42. The van der Waals surface area contributed by atoms with Crippen LogP contribution in [-0.4, -0.2) is 8.32 Å². The summed E-state index contributed by atoms with van der Waals surface area (Å²) in [6, 6.07) is 17.3. The number of hydrogen-bond acceptors (Lipinski definition) is 2. The van der Waals surface area contributed by atoms with Crippen LogP contribution in [0, 0.1) is 18.3 Å². The van der Waals surface area contributed by atoms with Crippen LogP contribution in [0.5, 0.6) is 0 Å². The third-order valence-corrected chi connectivity index (χ3v) is 5.24. The van der Waals surface area contributed by atoms with Crippen molar-refractivity contribution in [2.45, 2.75) is 45.0 Å². The molecule has 0 aromatic heterocycles. The van der Waals surface area contributed by atoms with Crippen molar-refractivity contribution >= 4 is 8.32 Å². The Bertz CT molecular complexity index is 785. The molecule has 0 radical (unpaired) electrons. The van der Waals surface area contributed by atoms with Crippen LogP contribution < -0.4 is 0 Å². The lowest BCUT2D eigenvalue weighted by Crippen LogP contribution is -2.41. The van der Waals surface area contributed by atoms with Gasteiger partial charge in [-0.25, -0.2) is 0 Å². The van der Waals surface area contributed by atoms with E-state index in [1.807, 2.05) is 6.07 Å². The molecule has 0 heterocycles. The first-order valence-electron chi connectivity index (χ1n) is 8.15. The van der Waals surface area contributed by atoms with E-state index in [2.05, 4.69) is 69.0 Å². The summed E-state index contributed by atoms with van der Waals surface area (Å²) in [4.78, 5) is 0. The Balaban J connectivity index is 2.35. The Hall–Kier alpha value is -1.89. The van der Waals surface area contributed by atoms with E-state index in [0.717, 1.165) is 24.0 Å². The monoisotopic (exact) mass is 321 g/mol. The number of benzene rings is 2. The third kappa shape index (κ3) is 2.85. The van der Waals surface area contributed by atoms with Crippen molar-refractivity contribution in [3.05, 3.63) is 70.3 Å². The second-order valence-electron chi connectivity index (χ2n) is 7.33. The van der Waals surface area contributed by atoms with Crippen molar-refractivity contribution in [2.24, 2.45) is 0 Å². The van der Waals surface area contributed by atoms with Crippen LogP contribution in [0.2, 0.25) is 19.6 Å². The third-order valence-electron chi connectivity index (χ3n) is 4.32. The summed E-state index contributed by atoms with van der Waals surface area (Å²) in [7, 11) is -1.94. The molecule has 1 aliphatic carbocycles. The molecule has 2 nitrogen and oxygen atoms in total. The zero-order valence-electron chi connectivity index (χ0n) is 14.3. The summed E-state index contributed by atoms with van der Waals surface area (Å²) >= 11 is 0. The molecule has 23 heavy (non-hydrogen) atoms. The lowest BCUT2D eigenvalue weighted by Gasteiger charge is -2.35. The summed E-state index contributed by atoms with van der Waals surface area (Å²) in [5.74, 6) is 0. The van der Waals surface area contributed by atoms with Gasteiger partial charge in [-0.1, -0.05) is 48.0 Å². The quantitative estimate of drug-likeness (QED) is 0.750. The molecule has 3 heteroatoms. The van der Waals surface area contributed by atoms with Crippen molar-refractivity contribution in [1.82, 2.24) is 0 Å². The molecule has 1 unspecified atom stereocenters. The molecule has 0 N–H and O–H groups in total. The van der Waals surface area contributed by atoms with Crippen LogP contribution in [0.25, 0.3) is 0 Å². The van der Waals surface area contributed by atoms with Gasteiger partial charge in [-0.3, -0.25) is 0 Å². The van der Waals surface area contributed by atoms with Crippen LogP contribution in [0.3, 0.4) is 0 Å². The van der Waals surface area contributed by atoms with Crippen LogP contribution in [0.1, 0.15) is 27.8 Å². The second kappa shape index (κ2) is 5.63. The number of nitrogens with zero attached hydrogens (tertiary/aromatic N) is 1. The molecule has 0 spiro atoms. The highest BCUT2D eigenvalue weighted by molar-refractivity contribution is 6.69. The van der Waals surface area contributed by atoms with Gasteiger partial charge in [-0.15, -0.1) is 0 Å². The zero-order valence-corrected chi connectivity index (χ0v) is 15.3. The maximum Gasteiger partial charge on any atom is 0.196 e. The fourth-order valence-electron chi connectivity index (χ4n) is 3.44. The molecule has 118 valence electrons. The maximum atomic E-state index is 10.3. The van der Waals surface area contributed by atoms with E-state index in [9.17, 15) is 5.26 Å². The topological polar surface area (TPSA) is 33.0 Å². The van der Waals surface area contributed by atoms with Crippen molar-refractivity contribution in [3.8, 4) is 6.07 Å². The average Bonchev–Trinajstić information content (AvgIpc) is 2.62. The van der Waals surface area contributed by atoms with Gasteiger partial charge in [0.1, 0.15) is 6.07 Å². The normalized spacial score (nSPS) is 20.1. The molecule has 0 bridgehead atoms. The largest absolute Gasteiger partial charge is 0.393 e. The van der Waals surface area contributed by atoms with Crippen molar-refractivity contribution < 1.29 is 4.43 Å². The van der Waals surface area contributed by atoms with Gasteiger partial charge in [0, 0.05) is 11.1 Å². The number of fused-ring (bicyclic) bond motifs is 2. The van der Waals surface area contributed by atoms with E-state index >= 15 is 0 Å². The van der Waals surface area contributed by atoms with E-state index in [-0.39, 0.29) is 0 Å². The van der Waals surface area contributed by atoms with E-state index in [1.54, 1.807) is 0 Å². The molecule has 0 amide bonds. The van der Waals surface area contributed by atoms with Gasteiger partial charge in [0.25, 0.3) is 0 Å². The van der Waals surface area contributed by atoms with E-state index in [1.165, 1.54) is 16.7 Å². The van der Waals surface area contributed by atoms with Gasteiger partial charge in [-0.05, 0) is 50.5 Å². The van der Waals surface area contributed by atoms with Crippen LogP contribution >= 0.6 is 0 Å². The molecule has 1 aliphatic rings. The minimum absolute atomic E-state index is 0.949. The van der Waals surface area contributed by atoms with Gasteiger partial charge in [0.15, 0.2) is 13.9 Å². The van der Waals surface area contributed by atoms with E-state index in [4.69, 9.17) is 4.43 Å². The minimum Gasteiger partial charge on any atom is -0.393 e. The lowest BCUT2D eigenvalue weighted by atomic mass is 9.84. The number of hydrogen-bond donors (Lipinski definition) is 0. The molecule has 1 atom stereocenters. The van der Waals surface area contributed by atoms with Crippen LogP contribution in [-0.2, 0) is 22.9 Å². The number of aryl methyl sites for hydroxylation is 3. The second-order valence-corrected chi connectivity index (χ2v) is 11.8. The number of nitriles is 1. The molecular formula is C20H23NOSi. The Labute approximate surface area is 139 Å².